The normalized spacial score (nSPS) is 20.7. The van der Waals surface area contributed by atoms with E-state index in [1.165, 1.54) is 56.6 Å². The van der Waals surface area contributed by atoms with Crippen LogP contribution in [0.15, 0.2) is 48.5 Å². The number of aryl methyl sites for hydroxylation is 1. The van der Waals surface area contributed by atoms with Gasteiger partial charge in [0.2, 0.25) is 0 Å². The van der Waals surface area contributed by atoms with Crippen LogP contribution in [-0.4, -0.2) is 0 Å². The maximum absolute atomic E-state index is 13.8. The van der Waals surface area contributed by atoms with Crippen molar-refractivity contribution in [1.29, 1.82) is 0 Å². The lowest BCUT2D eigenvalue weighted by Crippen LogP contribution is -2.16. The van der Waals surface area contributed by atoms with Crippen molar-refractivity contribution in [3.05, 3.63) is 65.5 Å². The molecule has 2 aromatic rings. The van der Waals surface area contributed by atoms with Gasteiger partial charge in [0.25, 0.3) is 0 Å². The molecule has 1 fully saturated rings. The van der Waals surface area contributed by atoms with Crippen LogP contribution in [0.2, 0.25) is 0 Å². The molecule has 1 aliphatic carbocycles. The summed E-state index contributed by atoms with van der Waals surface area (Å²) < 4.78 is 19.8. The molecular formula is C26H35FO. The predicted octanol–water partition coefficient (Wildman–Crippen LogP) is 7.58. The minimum Gasteiger partial charge on any atom is -0.489 e. The highest BCUT2D eigenvalue weighted by Gasteiger charge is 2.21. The summed E-state index contributed by atoms with van der Waals surface area (Å²) >= 11 is 0. The molecule has 2 heteroatoms. The minimum absolute atomic E-state index is 0.202. The van der Waals surface area contributed by atoms with Crippen molar-refractivity contribution in [3.8, 4) is 5.75 Å². The molecule has 0 aliphatic heterocycles. The maximum atomic E-state index is 13.8. The van der Waals surface area contributed by atoms with Gasteiger partial charge in [-0.1, -0.05) is 82.3 Å². The summed E-state index contributed by atoms with van der Waals surface area (Å²) in [5, 5.41) is 0. The van der Waals surface area contributed by atoms with Crippen LogP contribution in [0.4, 0.5) is 4.39 Å². The largest absolute Gasteiger partial charge is 0.489 e. The second-order valence-electron chi connectivity index (χ2n) is 8.66. The third kappa shape index (κ3) is 6.09. The van der Waals surface area contributed by atoms with E-state index in [1.807, 2.05) is 18.2 Å². The van der Waals surface area contributed by atoms with Gasteiger partial charge in [0.1, 0.15) is 18.2 Å². The quantitative estimate of drug-likeness (QED) is 0.434. The van der Waals surface area contributed by atoms with Gasteiger partial charge in [-0.25, -0.2) is 4.39 Å². The monoisotopic (exact) mass is 382 g/mol. The predicted molar refractivity (Wildman–Crippen MR) is 115 cm³/mol. The molecular weight excluding hydrogens is 347 g/mol. The Hall–Kier alpha value is -1.83. The fraction of sp³-hybridized carbons (Fsp3) is 0.538. The van der Waals surface area contributed by atoms with E-state index in [1.54, 1.807) is 12.1 Å². The van der Waals surface area contributed by atoms with E-state index in [0.717, 1.165) is 29.9 Å². The number of halogens is 1. The first-order chi connectivity index (χ1) is 13.7. The molecule has 28 heavy (non-hydrogen) atoms. The summed E-state index contributed by atoms with van der Waals surface area (Å²) in [6, 6.07) is 15.1. The zero-order valence-corrected chi connectivity index (χ0v) is 17.5. The summed E-state index contributed by atoms with van der Waals surface area (Å²) in [5.74, 6) is 3.32. The Morgan fingerprint density at radius 3 is 2.29 bits per heavy atom. The lowest BCUT2D eigenvalue weighted by atomic mass is 9.77. The van der Waals surface area contributed by atoms with E-state index in [4.69, 9.17) is 4.74 Å². The molecule has 1 aliphatic rings. The first-order valence-electron chi connectivity index (χ1n) is 11.1. The lowest BCUT2D eigenvalue weighted by molar-refractivity contribution is 0.232. The Kier molecular flexibility index (Phi) is 7.94. The van der Waals surface area contributed by atoms with E-state index < -0.39 is 0 Å². The Morgan fingerprint density at radius 1 is 0.929 bits per heavy atom. The molecule has 2 aromatic carbocycles. The van der Waals surface area contributed by atoms with Gasteiger partial charge in [-0.15, -0.1) is 0 Å². The molecule has 1 unspecified atom stereocenters. The third-order valence-electron chi connectivity index (χ3n) is 6.50. The number of ether oxygens (including phenoxy) is 1. The first kappa shape index (κ1) is 20.9. The number of para-hydroxylation sites is 1. The summed E-state index contributed by atoms with van der Waals surface area (Å²) in [5.41, 5.74) is 1.84. The van der Waals surface area contributed by atoms with Crippen LogP contribution in [0.3, 0.4) is 0 Å². The van der Waals surface area contributed by atoms with Crippen LogP contribution < -0.4 is 4.74 Å². The highest BCUT2D eigenvalue weighted by molar-refractivity contribution is 5.33. The molecule has 1 atom stereocenters. The number of hydrogen-bond acceptors (Lipinski definition) is 1. The van der Waals surface area contributed by atoms with Crippen LogP contribution >= 0.6 is 0 Å². The van der Waals surface area contributed by atoms with Crippen molar-refractivity contribution >= 4 is 0 Å². The molecule has 0 bridgehead atoms. The van der Waals surface area contributed by atoms with E-state index in [0.29, 0.717) is 5.56 Å². The van der Waals surface area contributed by atoms with E-state index in [-0.39, 0.29) is 12.4 Å². The molecule has 0 amide bonds. The first-order valence-corrected chi connectivity index (χ1v) is 11.1. The van der Waals surface area contributed by atoms with E-state index in [2.05, 4.69) is 26.0 Å². The molecule has 1 nitrogen and oxygen atoms in total. The van der Waals surface area contributed by atoms with Crippen LogP contribution in [0.1, 0.15) is 69.9 Å². The van der Waals surface area contributed by atoms with Crippen molar-refractivity contribution < 1.29 is 9.13 Å². The molecule has 0 N–H and O–H groups in total. The van der Waals surface area contributed by atoms with Crippen molar-refractivity contribution in [2.24, 2.45) is 17.8 Å². The Labute approximate surface area is 170 Å². The summed E-state index contributed by atoms with van der Waals surface area (Å²) in [6.07, 6.45) is 10.6. The average Bonchev–Trinajstić information content (AvgIpc) is 2.73. The topological polar surface area (TPSA) is 9.23 Å². The summed E-state index contributed by atoms with van der Waals surface area (Å²) in [7, 11) is 0. The van der Waals surface area contributed by atoms with Crippen LogP contribution in [0.25, 0.3) is 0 Å². The van der Waals surface area contributed by atoms with Gasteiger partial charge in [-0.2, -0.15) is 0 Å². The second kappa shape index (κ2) is 10.6. The standard InChI is InChI=1S/C26H35FO/c1-3-21-13-15-22(16-14-21)18-20(2)12-17-23-8-5-7-11-26(23)28-19-24-9-4-6-10-25(24)27/h4-11,20-22H,3,12-19H2,1-2H3. The van der Waals surface area contributed by atoms with Crippen molar-refractivity contribution in [2.75, 3.05) is 0 Å². The molecule has 0 saturated heterocycles. The Morgan fingerprint density at radius 2 is 1.57 bits per heavy atom. The molecule has 1 saturated carbocycles. The SMILES string of the molecule is CCC1CCC(CC(C)CCc2ccccc2OCc2ccccc2F)CC1. The van der Waals surface area contributed by atoms with E-state index >= 15 is 0 Å². The van der Waals surface area contributed by atoms with Crippen molar-refractivity contribution in [1.82, 2.24) is 0 Å². The van der Waals surface area contributed by atoms with Crippen LogP contribution in [0.5, 0.6) is 5.75 Å². The second-order valence-corrected chi connectivity index (χ2v) is 8.66. The molecule has 3 rings (SSSR count). The highest BCUT2D eigenvalue weighted by atomic mass is 19.1. The van der Waals surface area contributed by atoms with Gasteiger partial charge < -0.3 is 4.74 Å². The number of benzene rings is 2. The number of hydrogen-bond donors (Lipinski definition) is 0. The van der Waals surface area contributed by atoms with Gasteiger partial charge in [-0.05, 0) is 54.7 Å². The van der Waals surface area contributed by atoms with E-state index in [9.17, 15) is 4.39 Å². The maximum Gasteiger partial charge on any atom is 0.129 e. The molecule has 0 spiro atoms. The lowest BCUT2D eigenvalue weighted by Gasteiger charge is -2.29. The molecule has 0 aromatic heterocycles. The molecule has 152 valence electrons. The summed E-state index contributed by atoms with van der Waals surface area (Å²) in [6.45, 7) is 5.01. The van der Waals surface area contributed by atoms with Crippen molar-refractivity contribution in [2.45, 2.75) is 71.8 Å². The molecule has 0 radical (unpaired) electrons. The minimum atomic E-state index is -0.202. The zero-order chi connectivity index (χ0) is 19.8. The average molecular weight is 383 g/mol. The van der Waals surface area contributed by atoms with Gasteiger partial charge in [0, 0.05) is 5.56 Å². The van der Waals surface area contributed by atoms with Gasteiger partial charge >= 0.3 is 0 Å². The fourth-order valence-corrected chi connectivity index (χ4v) is 4.59. The fourth-order valence-electron chi connectivity index (χ4n) is 4.59. The van der Waals surface area contributed by atoms with Crippen LogP contribution in [-0.2, 0) is 13.0 Å². The third-order valence-corrected chi connectivity index (χ3v) is 6.50. The van der Waals surface area contributed by atoms with Gasteiger partial charge in [-0.3, -0.25) is 0 Å². The smallest absolute Gasteiger partial charge is 0.129 e. The zero-order valence-electron chi connectivity index (χ0n) is 17.5. The van der Waals surface area contributed by atoms with Gasteiger partial charge in [0.15, 0.2) is 0 Å². The van der Waals surface area contributed by atoms with Gasteiger partial charge in [0.05, 0.1) is 0 Å². The Balaban J connectivity index is 1.48. The molecule has 0 heterocycles. The van der Waals surface area contributed by atoms with Crippen molar-refractivity contribution in [3.63, 3.8) is 0 Å². The Bertz CT molecular complexity index is 718. The van der Waals surface area contributed by atoms with Crippen LogP contribution in [0, 0.1) is 23.6 Å². The number of rotatable bonds is 9. The highest BCUT2D eigenvalue weighted by Crippen LogP contribution is 2.35. The summed E-state index contributed by atoms with van der Waals surface area (Å²) in [4.78, 5) is 0.